The number of ether oxygens (including phenoxy) is 2. The number of rotatable bonds is 2. The van der Waals surface area contributed by atoms with Gasteiger partial charge < -0.3 is 15.2 Å². The standard InChI is InChI=1S/C18H21N3O2S/c1-18(2,3)15-10-24-17-20-16(12(9-19)21(15)17)11-4-5-13-14(8-11)23-7-6-22-13/h4-5,8,10H,6-7,9,19H2,1-3H3. The van der Waals surface area contributed by atoms with E-state index in [-0.39, 0.29) is 5.41 Å². The second kappa shape index (κ2) is 5.50. The Labute approximate surface area is 145 Å². The lowest BCUT2D eigenvalue weighted by molar-refractivity contribution is 0.171. The summed E-state index contributed by atoms with van der Waals surface area (Å²) < 4.78 is 13.5. The number of benzene rings is 1. The number of hydrogen-bond acceptors (Lipinski definition) is 5. The molecule has 0 radical (unpaired) electrons. The molecule has 5 nitrogen and oxygen atoms in total. The first-order chi connectivity index (χ1) is 11.5. The highest BCUT2D eigenvalue weighted by atomic mass is 32.1. The van der Waals surface area contributed by atoms with Crippen LogP contribution in [0, 0.1) is 0 Å². The number of nitrogens with two attached hydrogens (primary N) is 1. The van der Waals surface area contributed by atoms with E-state index < -0.39 is 0 Å². The molecule has 0 unspecified atom stereocenters. The largest absolute Gasteiger partial charge is 0.486 e. The lowest BCUT2D eigenvalue weighted by atomic mass is 9.93. The Hall–Kier alpha value is -2.05. The minimum absolute atomic E-state index is 0.0347. The number of fused-ring (bicyclic) bond motifs is 2. The predicted molar refractivity (Wildman–Crippen MR) is 96.1 cm³/mol. The summed E-state index contributed by atoms with van der Waals surface area (Å²) >= 11 is 1.65. The molecule has 2 aromatic heterocycles. The van der Waals surface area contributed by atoms with Crippen LogP contribution in [-0.4, -0.2) is 22.6 Å². The van der Waals surface area contributed by atoms with E-state index in [1.54, 1.807) is 11.3 Å². The normalized spacial score (nSPS) is 14.3. The molecule has 0 amide bonds. The molecule has 3 heterocycles. The number of imidazole rings is 1. The fraction of sp³-hybridized carbons (Fsp3) is 0.389. The van der Waals surface area contributed by atoms with E-state index in [0.29, 0.717) is 19.8 Å². The van der Waals surface area contributed by atoms with Gasteiger partial charge in [0.25, 0.3) is 0 Å². The molecule has 2 N–H and O–H groups in total. The Bertz CT molecular complexity index is 905. The molecule has 3 aromatic rings. The molecule has 1 aliphatic rings. The third-order valence-electron chi connectivity index (χ3n) is 4.24. The van der Waals surface area contributed by atoms with Crippen molar-refractivity contribution in [3.8, 4) is 22.8 Å². The van der Waals surface area contributed by atoms with Gasteiger partial charge in [-0.2, -0.15) is 0 Å². The van der Waals surface area contributed by atoms with E-state index >= 15 is 0 Å². The molecule has 0 saturated carbocycles. The maximum Gasteiger partial charge on any atom is 0.194 e. The van der Waals surface area contributed by atoms with Crippen molar-refractivity contribution >= 4 is 16.3 Å². The van der Waals surface area contributed by atoms with Gasteiger partial charge in [-0.3, -0.25) is 4.40 Å². The summed E-state index contributed by atoms with van der Waals surface area (Å²) in [5.74, 6) is 1.56. The van der Waals surface area contributed by atoms with Gasteiger partial charge in [-0.25, -0.2) is 4.98 Å². The van der Waals surface area contributed by atoms with Gasteiger partial charge in [0.05, 0.1) is 11.4 Å². The summed E-state index contributed by atoms with van der Waals surface area (Å²) in [5.41, 5.74) is 10.3. The van der Waals surface area contributed by atoms with Gasteiger partial charge in [0.2, 0.25) is 0 Å². The lowest BCUT2D eigenvalue weighted by Gasteiger charge is -2.19. The van der Waals surface area contributed by atoms with E-state index in [1.807, 2.05) is 18.2 Å². The van der Waals surface area contributed by atoms with Gasteiger partial charge in [-0.1, -0.05) is 20.8 Å². The van der Waals surface area contributed by atoms with Crippen LogP contribution in [0.4, 0.5) is 0 Å². The van der Waals surface area contributed by atoms with Crippen LogP contribution in [0.15, 0.2) is 23.6 Å². The first kappa shape index (κ1) is 15.5. The van der Waals surface area contributed by atoms with Gasteiger partial charge in [-0.15, -0.1) is 11.3 Å². The van der Waals surface area contributed by atoms with Crippen LogP contribution >= 0.6 is 11.3 Å². The van der Waals surface area contributed by atoms with Crippen molar-refractivity contribution in [2.24, 2.45) is 5.73 Å². The fourth-order valence-corrected chi connectivity index (χ4v) is 4.18. The number of aromatic nitrogens is 2. The van der Waals surface area contributed by atoms with Crippen LogP contribution < -0.4 is 15.2 Å². The number of hydrogen-bond donors (Lipinski definition) is 1. The van der Waals surface area contributed by atoms with Gasteiger partial charge >= 0.3 is 0 Å². The molecule has 126 valence electrons. The average Bonchev–Trinajstić information content (AvgIpc) is 3.12. The molecule has 0 spiro atoms. The third kappa shape index (κ3) is 2.37. The first-order valence-electron chi connectivity index (χ1n) is 8.08. The minimum atomic E-state index is 0.0347. The molecule has 1 aromatic carbocycles. The van der Waals surface area contributed by atoms with Gasteiger partial charge in [-0.05, 0) is 18.2 Å². The summed E-state index contributed by atoms with van der Waals surface area (Å²) in [6, 6.07) is 5.97. The quantitative estimate of drug-likeness (QED) is 0.772. The zero-order valence-electron chi connectivity index (χ0n) is 14.1. The van der Waals surface area contributed by atoms with Crippen molar-refractivity contribution in [1.82, 2.24) is 9.38 Å². The summed E-state index contributed by atoms with van der Waals surface area (Å²) in [6.07, 6.45) is 0. The molecule has 24 heavy (non-hydrogen) atoms. The lowest BCUT2D eigenvalue weighted by Crippen LogP contribution is -2.16. The Morgan fingerprint density at radius 1 is 1.21 bits per heavy atom. The Morgan fingerprint density at radius 3 is 2.67 bits per heavy atom. The Balaban J connectivity index is 1.90. The Kier molecular flexibility index (Phi) is 3.54. The summed E-state index contributed by atoms with van der Waals surface area (Å²) in [4.78, 5) is 5.82. The van der Waals surface area contributed by atoms with Crippen molar-refractivity contribution in [3.63, 3.8) is 0 Å². The highest BCUT2D eigenvalue weighted by Gasteiger charge is 2.24. The zero-order chi connectivity index (χ0) is 16.9. The van der Waals surface area contributed by atoms with Crippen LogP contribution in [-0.2, 0) is 12.0 Å². The van der Waals surface area contributed by atoms with Crippen molar-refractivity contribution in [2.75, 3.05) is 13.2 Å². The predicted octanol–water partition coefficient (Wildman–Crippen LogP) is 3.59. The molecule has 0 fully saturated rings. The van der Waals surface area contributed by atoms with Crippen LogP contribution in [0.5, 0.6) is 11.5 Å². The SMILES string of the molecule is CC(C)(C)c1csc2nc(-c3ccc4c(c3)OCCO4)c(CN)n12. The fourth-order valence-electron chi connectivity index (χ4n) is 3.04. The zero-order valence-corrected chi connectivity index (χ0v) is 14.9. The summed E-state index contributed by atoms with van der Waals surface area (Å²) in [5, 5.41) is 2.18. The van der Waals surface area contributed by atoms with E-state index in [4.69, 9.17) is 20.2 Å². The molecule has 0 aliphatic carbocycles. The van der Waals surface area contributed by atoms with Gasteiger partial charge in [0.1, 0.15) is 13.2 Å². The monoisotopic (exact) mass is 343 g/mol. The van der Waals surface area contributed by atoms with E-state index in [0.717, 1.165) is 33.4 Å². The molecule has 6 heteroatoms. The number of thiazole rings is 1. The van der Waals surface area contributed by atoms with Gasteiger partial charge in [0, 0.05) is 28.6 Å². The first-order valence-corrected chi connectivity index (χ1v) is 8.96. The second-order valence-electron chi connectivity index (χ2n) is 6.96. The van der Waals surface area contributed by atoms with Crippen LogP contribution in [0.3, 0.4) is 0 Å². The third-order valence-corrected chi connectivity index (χ3v) is 5.06. The minimum Gasteiger partial charge on any atom is -0.486 e. The van der Waals surface area contributed by atoms with Crippen LogP contribution in [0.1, 0.15) is 32.2 Å². The molecular weight excluding hydrogens is 322 g/mol. The topological polar surface area (TPSA) is 61.8 Å². The molecule has 4 rings (SSSR count). The highest BCUT2D eigenvalue weighted by molar-refractivity contribution is 7.15. The second-order valence-corrected chi connectivity index (χ2v) is 7.80. The summed E-state index contributed by atoms with van der Waals surface area (Å²) in [7, 11) is 0. The molecule has 0 bridgehead atoms. The van der Waals surface area contributed by atoms with Crippen LogP contribution in [0.25, 0.3) is 16.2 Å². The molecular formula is C18H21N3O2S. The maximum absolute atomic E-state index is 6.10. The van der Waals surface area contributed by atoms with Crippen molar-refractivity contribution in [1.29, 1.82) is 0 Å². The Morgan fingerprint density at radius 2 is 1.96 bits per heavy atom. The van der Waals surface area contributed by atoms with Crippen molar-refractivity contribution in [2.45, 2.75) is 32.7 Å². The van der Waals surface area contributed by atoms with Crippen molar-refractivity contribution < 1.29 is 9.47 Å². The number of nitrogens with zero attached hydrogens (tertiary/aromatic N) is 2. The van der Waals surface area contributed by atoms with Crippen LogP contribution in [0.2, 0.25) is 0 Å². The summed E-state index contributed by atoms with van der Waals surface area (Å²) in [6.45, 7) is 8.22. The van der Waals surface area contributed by atoms with Gasteiger partial charge in [0.15, 0.2) is 16.5 Å². The smallest absolute Gasteiger partial charge is 0.194 e. The molecule has 0 atom stereocenters. The van der Waals surface area contributed by atoms with E-state index in [1.165, 1.54) is 5.69 Å². The van der Waals surface area contributed by atoms with E-state index in [9.17, 15) is 0 Å². The van der Waals surface area contributed by atoms with E-state index in [2.05, 4.69) is 30.6 Å². The average molecular weight is 343 g/mol. The highest BCUT2D eigenvalue weighted by Crippen LogP contribution is 2.37. The van der Waals surface area contributed by atoms with Crippen molar-refractivity contribution in [3.05, 3.63) is 35.0 Å². The molecule has 1 aliphatic heterocycles. The maximum atomic E-state index is 6.10. The molecule has 0 saturated heterocycles.